The van der Waals surface area contributed by atoms with Crippen molar-refractivity contribution in [1.29, 1.82) is 0 Å². The maximum atomic E-state index is 11.3. The van der Waals surface area contributed by atoms with E-state index in [4.69, 9.17) is 0 Å². The number of phenolic OH excluding ortho intramolecular Hbond substituents is 1. The molecule has 162 valence electrons. The zero-order valence-electron chi connectivity index (χ0n) is 20.0. The molecular formula is C30H32BO-. The zero-order valence-corrected chi connectivity index (χ0v) is 20.0. The van der Waals surface area contributed by atoms with E-state index in [0.717, 1.165) is 5.46 Å². The normalized spacial score (nSPS) is 11.6. The summed E-state index contributed by atoms with van der Waals surface area (Å²) in [6, 6.07) is 28.3. The summed E-state index contributed by atoms with van der Waals surface area (Å²) in [6.07, 6.45) is -1.61. The van der Waals surface area contributed by atoms with Crippen LogP contribution in [0.4, 0.5) is 0 Å². The van der Waals surface area contributed by atoms with Crippen molar-refractivity contribution >= 4 is 28.0 Å². The van der Waals surface area contributed by atoms with Crippen LogP contribution >= 0.6 is 0 Å². The molecule has 0 amide bonds. The van der Waals surface area contributed by atoms with Crippen LogP contribution in [0, 0.1) is 41.5 Å². The molecule has 0 aliphatic rings. The Labute approximate surface area is 192 Å². The van der Waals surface area contributed by atoms with Crippen LogP contribution in [-0.2, 0) is 0 Å². The summed E-state index contributed by atoms with van der Waals surface area (Å²) in [5.74, 6) is 0.338. The van der Waals surface area contributed by atoms with Crippen molar-refractivity contribution in [2.24, 2.45) is 0 Å². The first-order valence-electron chi connectivity index (χ1n) is 11.4. The molecule has 0 heterocycles. The number of hydrogen-bond donors (Lipinski definition) is 1. The lowest BCUT2D eigenvalue weighted by molar-refractivity contribution is 0.479. The molecule has 2 heteroatoms. The molecule has 1 nitrogen and oxygen atoms in total. The molecule has 0 fully saturated rings. The maximum absolute atomic E-state index is 11.3. The molecule has 0 aliphatic carbocycles. The Morgan fingerprint density at radius 1 is 0.469 bits per heavy atom. The second kappa shape index (κ2) is 8.35. The standard InChI is InChI=1S/C30H32BO/c1-20-11-21(2)15-26(14-20)31(29-9-7-8-10-30(29)32,27-16-22(3)12-23(4)17-27)28-18-24(5)13-25(6)19-28/h7-19,32H,1-6H3/q-1. The van der Waals surface area contributed by atoms with E-state index in [2.05, 4.69) is 102 Å². The summed E-state index contributed by atoms with van der Waals surface area (Å²) in [5, 5.41) is 11.3. The monoisotopic (exact) mass is 419 g/mol. The number of rotatable bonds is 4. The van der Waals surface area contributed by atoms with E-state index in [9.17, 15) is 5.11 Å². The van der Waals surface area contributed by atoms with Gasteiger partial charge in [-0.3, -0.25) is 0 Å². The van der Waals surface area contributed by atoms with E-state index in [1.165, 1.54) is 49.8 Å². The highest BCUT2D eigenvalue weighted by molar-refractivity contribution is 7.20. The van der Waals surface area contributed by atoms with Gasteiger partial charge in [-0.25, -0.2) is 0 Å². The molecule has 4 aromatic carbocycles. The fourth-order valence-electron chi connectivity index (χ4n) is 5.75. The number of phenols is 1. The van der Waals surface area contributed by atoms with Crippen LogP contribution in [0.5, 0.6) is 5.75 Å². The summed E-state index contributed by atoms with van der Waals surface area (Å²) in [5.41, 5.74) is 12.1. The predicted octanol–water partition coefficient (Wildman–Crippen LogP) is 4.62. The number of aromatic hydroxyl groups is 1. The first kappa shape index (κ1) is 22.0. The molecular weight excluding hydrogens is 387 g/mol. The molecule has 1 N–H and O–H groups in total. The molecule has 0 aromatic heterocycles. The Bertz CT molecular complexity index is 1120. The number of hydrogen-bond acceptors (Lipinski definition) is 1. The van der Waals surface area contributed by atoms with Crippen molar-refractivity contribution in [2.45, 2.75) is 41.5 Å². The molecule has 4 rings (SSSR count). The van der Waals surface area contributed by atoms with Gasteiger partial charge in [0.25, 0.3) is 0 Å². The Kier molecular flexibility index (Phi) is 5.73. The summed E-state index contributed by atoms with van der Waals surface area (Å²) in [7, 11) is 0. The second-order valence-electron chi connectivity index (χ2n) is 9.69. The lowest BCUT2D eigenvalue weighted by Crippen LogP contribution is -2.75. The average molecular weight is 419 g/mol. The topological polar surface area (TPSA) is 20.2 Å². The molecule has 0 unspecified atom stereocenters. The SMILES string of the molecule is Cc1cc(C)cc([B-](c2cc(C)cc(C)c2)(c2cc(C)cc(C)c2)c2ccccc2O)c1. The number of para-hydroxylation sites is 1. The third kappa shape index (κ3) is 3.86. The Morgan fingerprint density at radius 2 is 0.781 bits per heavy atom. The van der Waals surface area contributed by atoms with Gasteiger partial charge in [-0.1, -0.05) is 106 Å². The van der Waals surface area contributed by atoms with Crippen LogP contribution in [0.15, 0.2) is 78.9 Å². The van der Waals surface area contributed by atoms with Crippen molar-refractivity contribution < 1.29 is 5.11 Å². The van der Waals surface area contributed by atoms with E-state index in [1.807, 2.05) is 18.2 Å². The molecule has 32 heavy (non-hydrogen) atoms. The van der Waals surface area contributed by atoms with Crippen LogP contribution in [0.1, 0.15) is 33.4 Å². The van der Waals surface area contributed by atoms with Gasteiger partial charge in [0.15, 0.2) is 0 Å². The van der Waals surface area contributed by atoms with Gasteiger partial charge in [-0.05, 0) is 47.6 Å². The first-order chi connectivity index (χ1) is 15.2. The van der Waals surface area contributed by atoms with Gasteiger partial charge in [-0.15, -0.1) is 0 Å². The lowest BCUT2D eigenvalue weighted by Gasteiger charge is -2.45. The van der Waals surface area contributed by atoms with Gasteiger partial charge in [0.1, 0.15) is 6.15 Å². The number of aryl methyl sites for hydroxylation is 6. The third-order valence-corrected chi connectivity index (χ3v) is 6.64. The Balaban J connectivity index is 2.27. The Hall–Kier alpha value is -3.26. The van der Waals surface area contributed by atoms with Gasteiger partial charge in [0.05, 0.1) is 5.75 Å². The van der Waals surface area contributed by atoms with Crippen molar-refractivity contribution in [1.82, 2.24) is 0 Å². The quantitative estimate of drug-likeness (QED) is 0.479. The third-order valence-electron chi connectivity index (χ3n) is 6.64. The van der Waals surface area contributed by atoms with Gasteiger partial charge in [0, 0.05) is 0 Å². The van der Waals surface area contributed by atoms with Crippen molar-refractivity contribution in [2.75, 3.05) is 0 Å². The average Bonchev–Trinajstić information content (AvgIpc) is 2.68. The highest BCUT2D eigenvalue weighted by Gasteiger charge is 2.34. The molecule has 4 aromatic rings. The van der Waals surface area contributed by atoms with Crippen molar-refractivity contribution in [3.05, 3.63) is 112 Å². The van der Waals surface area contributed by atoms with E-state index in [-0.39, 0.29) is 0 Å². The zero-order chi connectivity index (χ0) is 23.0. The molecule has 0 atom stereocenters. The highest BCUT2D eigenvalue weighted by atomic mass is 16.3. The maximum Gasteiger partial charge on any atom is 0.112 e. The second-order valence-corrected chi connectivity index (χ2v) is 9.69. The van der Waals surface area contributed by atoms with Crippen LogP contribution in [0.25, 0.3) is 0 Å². The van der Waals surface area contributed by atoms with Crippen molar-refractivity contribution in [3.63, 3.8) is 0 Å². The molecule has 0 bridgehead atoms. The molecule has 0 saturated heterocycles. The van der Waals surface area contributed by atoms with E-state index >= 15 is 0 Å². The highest BCUT2D eigenvalue weighted by Crippen LogP contribution is 2.19. The largest absolute Gasteiger partial charge is 0.511 e. The fraction of sp³-hybridized carbons (Fsp3) is 0.200. The first-order valence-corrected chi connectivity index (χ1v) is 11.4. The van der Waals surface area contributed by atoms with E-state index in [1.54, 1.807) is 0 Å². The van der Waals surface area contributed by atoms with Gasteiger partial charge >= 0.3 is 0 Å². The van der Waals surface area contributed by atoms with Gasteiger partial charge in [-0.2, -0.15) is 21.9 Å². The van der Waals surface area contributed by atoms with Crippen LogP contribution in [0.3, 0.4) is 0 Å². The van der Waals surface area contributed by atoms with Crippen LogP contribution in [0.2, 0.25) is 0 Å². The van der Waals surface area contributed by atoms with E-state index in [0.29, 0.717) is 5.75 Å². The number of benzene rings is 4. The van der Waals surface area contributed by atoms with Gasteiger partial charge in [0.2, 0.25) is 0 Å². The summed E-state index contributed by atoms with van der Waals surface area (Å²) >= 11 is 0. The van der Waals surface area contributed by atoms with E-state index < -0.39 is 6.15 Å². The minimum atomic E-state index is -1.61. The fourth-order valence-corrected chi connectivity index (χ4v) is 5.75. The van der Waals surface area contributed by atoms with Crippen LogP contribution < -0.4 is 21.9 Å². The predicted molar refractivity (Wildman–Crippen MR) is 140 cm³/mol. The molecule has 0 aliphatic heterocycles. The lowest BCUT2D eigenvalue weighted by atomic mass is 9.12. The Morgan fingerprint density at radius 3 is 1.09 bits per heavy atom. The van der Waals surface area contributed by atoms with Gasteiger partial charge < -0.3 is 5.11 Å². The molecule has 0 spiro atoms. The van der Waals surface area contributed by atoms with Crippen LogP contribution in [-0.4, -0.2) is 11.3 Å². The summed E-state index contributed by atoms with van der Waals surface area (Å²) in [6.45, 7) is 12.9. The minimum absolute atomic E-state index is 0.338. The minimum Gasteiger partial charge on any atom is -0.511 e. The summed E-state index contributed by atoms with van der Waals surface area (Å²) < 4.78 is 0. The van der Waals surface area contributed by atoms with Crippen molar-refractivity contribution in [3.8, 4) is 5.75 Å². The molecule has 0 radical (unpaired) electrons. The smallest absolute Gasteiger partial charge is 0.112 e. The molecule has 0 saturated carbocycles. The summed E-state index contributed by atoms with van der Waals surface area (Å²) in [4.78, 5) is 0.